The van der Waals surface area contributed by atoms with E-state index in [9.17, 15) is 10.2 Å². The zero-order valence-electron chi connectivity index (χ0n) is 10.5. The van der Waals surface area contributed by atoms with Crippen LogP contribution in [0, 0.1) is 5.92 Å². The highest BCUT2D eigenvalue weighted by molar-refractivity contribution is 5.50. The molecular formula is C14H21NO2. The van der Waals surface area contributed by atoms with Crippen molar-refractivity contribution in [2.75, 3.05) is 18.1 Å². The quantitative estimate of drug-likeness (QED) is 0.841. The zero-order chi connectivity index (χ0) is 12.4. The first-order valence-electron chi connectivity index (χ1n) is 6.29. The molecule has 1 aromatic carbocycles. The Bertz CT molecular complexity index is 361. The van der Waals surface area contributed by atoms with Crippen LogP contribution in [0.4, 0.5) is 5.69 Å². The molecule has 0 amide bonds. The number of hydrogen-bond donors (Lipinski definition) is 2. The van der Waals surface area contributed by atoms with E-state index in [1.165, 1.54) is 0 Å². The Hall–Kier alpha value is -1.06. The second-order valence-corrected chi connectivity index (χ2v) is 4.98. The Balaban J connectivity index is 2.17. The van der Waals surface area contributed by atoms with E-state index >= 15 is 0 Å². The standard InChI is InChI=1S/C14H21NO2/c1-10-7-8-15(14(10)9-16)13-5-3-12(4-6-13)11(2)17/h3-6,10-11,14,16-17H,7-9H2,1-2H3/t10?,11-,14?/m1/s1. The molecular weight excluding hydrogens is 214 g/mol. The maximum absolute atomic E-state index is 9.47. The molecule has 17 heavy (non-hydrogen) atoms. The van der Waals surface area contributed by atoms with Crippen LogP contribution < -0.4 is 4.90 Å². The number of benzene rings is 1. The van der Waals surface area contributed by atoms with Crippen molar-refractivity contribution in [2.45, 2.75) is 32.4 Å². The molecule has 0 spiro atoms. The number of rotatable bonds is 3. The van der Waals surface area contributed by atoms with Gasteiger partial charge in [0.1, 0.15) is 0 Å². The summed E-state index contributed by atoms with van der Waals surface area (Å²) in [5.74, 6) is 0.538. The highest BCUT2D eigenvalue weighted by Gasteiger charge is 2.30. The van der Waals surface area contributed by atoms with Crippen LogP contribution in [0.1, 0.15) is 31.9 Å². The molecule has 2 unspecified atom stereocenters. The van der Waals surface area contributed by atoms with Gasteiger partial charge in [0.05, 0.1) is 18.8 Å². The molecule has 94 valence electrons. The van der Waals surface area contributed by atoms with Crippen molar-refractivity contribution in [2.24, 2.45) is 5.92 Å². The lowest BCUT2D eigenvalue weighted by Gasteiger charge is -2.27. The van der Waals surface area contributed by atoms with Gasteiger partial charge in [0.15, 0.2) is 0 Å². The molecule has 0 saturated carbocycles. The molecule has 1 aromatic rings. The Morgan fingerprint density at radius 3 is 2.53 bits per heavy atom. The van der Waals surface area contributed by atoms with Crippen molar-refractivity contribution < 1.29 is 10.2 Å². The van der Waals surface area contributed by atoms with Gasteiger partial charge in [-0.3, -0.25) is 0 Å². The number of aliphatic hydroxyl groups excluding tert-OH is 2. The van der Waals surface area contributed by atoms with E-state index in [0.717, 1.165) is 24.2 Å². The van der Waals surface area contributed by atoms with E-state index in [1.807, 2.05) is 24.3 Å². The largest absolute Gasteiger partial charge is 0.394 e. The molecule has 0 bridgehead atoms. The van der Waals surface area contributed by atoms with Crippen molar-refractivity contribution in [3.63, 3.8) is 0 Å². The highest BCUT2D eigenvalue weighted by atomic mass is 16.3. The maximum atomic E-state index is 9.47. The summed E-state index contributed by atoms with van der Waals surface area (Å²) in [5, 5.41) is 18.9. The van der Waals surface area contributed by atoms with E-state index in [2.05, 4.69) is 11.8 Å². The summed E-state index contributed by atoms with van der Waals surface area (Å²) in [5.41, 5.74) is 2.07. The summed E-state index contributed by atoms with van der Waals surface area (Å²) in [6.07, 6.45) is 0.707. The predicted molar refractivity (Wildman–Crippen MR) is 69.1 cm³/mol. The van der Waals surface area contributed by atoms with Gasteiger partial charge < -0.3 is 15.1 Å². The molecule has 1 heterocycles. The minimum absolute atomic E-state index is 0.208. The van der Waals surface area contributed by atoms with E-state index < -0.39 is 6.10 Å². The molecule has 3 heteroatoms. The summed E-state index contributed by atoms with van der Waals surface area (Å²) < 4.78 is 0. The van der Waals surface area contributed by atoms with Gasteiger partial charge >= 0.3 is 0 Å². The second-order valence-electron chi connectivity index (χ2n) is 4.98. The van der Waals surface area contributed by atoms with Gasteiger partial charge in [0.25, 0.3) is 0 Å². The SMILES string of the molecule is CC1CCN(c2ccc([C@@H](C)O)cc2)C1CO. The number of anilines is 1. The Kier molecular flexibility index (Phi) is 3.69. The first-order chi connectivity index (χ1) is 8.13. The molecule has 0 aliphatic carbocycles. The van der Waals surface area contributed by atoms with Gasteiger partial charge in [-0.1, -0.05) is 19.1 Å². The minimum atomic E-state index is -0.421. The van der Waals surface area contributed by atoms with Crippen LogP contribution in [0.3, 0.4) is 0 Å². The average Bonchev–Trinajstić information content (AvgIpc) is 2.70. The lowest BCUT2D eigenvalue weighted by Crippen LogP contribution is -2.35. The molecule has 1 saturated heterocycles. The summed E-state index contributed by atoms with van der Waals surface area (Å²) in [6.45, 7) is 5.16. The van der Waals surface area contributed by atoms with Crippen LogP contribution >= 0.6 is 0 Å². The highest BCUT2D eigenvalue weighted by Crippen LogP contribution is 2.30. The zero-order valence-corrected chi connectivity index (χ0v) is 10.5. The molecule has 1 fully saturated rings. The topological polar surface area (TPSA) is 43.7 Å². The van der Waals surface area contributed by atoms with Crippen LogP contribution in [-0.2, 0) is 0 Å². The smallest absolute Gasteiger partial charge is 0.0761 e. The van der Waals surface area contributed by atoms with Crippen LogP contribution in [-0.4, -0.2) is 29.4 Å². The fraction of sp³-hybridized carbons (Fsp3) is 0.571. The van der Waals surface area contributed by atoms with Gasteiger partial charge in [-0.15, -0.1) is 0 Å². The predicted octanol–water partition coefficient (Wildman–Crippen LogP) is 1.95. The number of hydrogen-bond acceptors (Lipinski definition) is 3. The van der Waals surface area contributed by atoms with Crippen molar-refractivity contribution in [3.8, 4) is 0 Å². The number of aliphatic hydroxyl groups is 2. The van der Waals surface area contributed by atoms with Gasteiger partial charge in [-0.05, 0) is 37.0 Å². The van der Waals surface area contributed by atoms with E-state index in [4.69, 9.17) is 0 Å². The summed E-state index contributed by atoms with van der Waals surface area (Å²) in [6, 6.07) is 8.20. The fourth-order valence-corrected chi connectivity index (χ4v) is 2.55. The molecule has 1 aliphatic rings. The van der Waals surface area contributed by atoms with Crippen molar-refractivity contribution in [3.05, 3.63) is 29.8 Å². The van der Waals surface area contributed by atoms with Gasteiger partial charge in [-0.2, -0.15) is 0 Å². The van der Waals surface area contributed by atoms with E-state index in [1.54, 1.807) is 6.92 Å². The average molecular weight is 235 g/mol. The molecule has 2 rings (SSSR count). The van der Waals surface area contributed by atoms with E-state index in [0.29, 0.717) is 5.92 Å². The molecule has 1 aliphatic heterocycles. The monoisotopic (exact) mass is 235 g/mol. The van der Waals surface area contributed by atoms with Gasteiger partial charge in [0, 0.05) is 12.2 Å². The number of nitrogens with zero attached hydrogens (tertiary/aromatic N) is 1. The first-order valence-corrected chi connectivity index (χ1v) is 6.29. The molecule has 0 radical (unpaired) electrons. The lowest BCUT2D eigenvalue weighted by molar-refractivity contribution is 0.199. The van der Waals surface area contributed by atoms with Crippen molar-refractivity contribution in [1.82, 2.24) is 0 Å². The summed E-state index contributed by atoms with van der Waals surface area (Å²) >= 11 is 0. The molecule has 3 nitrogen and oxygen atoms in total. The Morgan fingerprint density at radius 1 is 1.35 bits per heavy atom. The van der Waals surface area contributed by atoms with Crippen LogP contribution in [0.5, 0.6) is 0 Å². The first kappa shape index (κ1) is 12.4. The summed E-state index contributed by atoms with van der Waals surface area (Å²) in [7, 11) is 0. The Labute approximate surface area is 103 Å². The van der Waals surface area contributed by atoms with Gasteiger partial charge in [-0.25, -0.2) is 0 Å². The molecule has 2 N–H and O–H groups in total. The third-order valence-electron chi connectivity index (χ3n) is 3.78. The lowest BCUT2D eigenvalue weighted by atomic mass is 10.0. The normalized spacial score (nSPS) is 26.2. The van der Waals surface area contributed by atoms with Crippen molar-refractivity contribution in [1.29, 1.82) is 0 Å². The van der Waals surface area contributed by atoms with Gasteiger partial charge in [0.2, 0.25) is 0 Å². The third-order valence-corrected chi connectivity index (χ3v) is 3.78. The maximum Gasteiger partial charge on any atom is 0.0761 e. The van der Waals surface area contributed by atoms with Crippen molar-refractivity contribution >= 4 is 5.69 Å². The van der Waals surface area contributed by atoms with Crippen LogP contribution in [0.25, 0.3) is 0 Å². The molecule has 0 aromatic heterocycles. The van der Waals surface area contributed by atoms with Crippen LogP contribution in [0.2, 0.25) is 0 Å². The summed E-state index contributed by atoms with van der Waals surface area (Å²) in [4.78, 5) is 2.26. The van der Waals surface area contributed by atoms with E-state index in [-0.39, 0.29) is 12.6 Å². The molecule has 3 atom stereocenters. The minimum Gasteiger partial charge on any atom is -0.394 e. The third kappa shape index (κ3) is 2.45. The van der Waals surface area contributed by atoms with Crippen LogP contribution in [0.15, 0.2) is 24.3 Å². The second kappa shape index (κ2) is 5.07. The fourth-order valence-electron chi connectivity index (χ4n) is 2.55. The Morgan fingerprint density at radius 2 is 2.00 bits per heavy atom.